The molecule has 0 aliphatic carbocycles. The normalized spacial score (nSPS) is 10.9. The number of nitroso groups, excluding NO2 is 1. The van der Waals surface area contributed by atoms with Crippen LogP contribution in [0.1, 0.15) is 35.7 Å². The fourth-order valence-electron chi connectivity index (χ4n) is 3.21. The zero-order valence-electron chi connectivity index (χ0n) is 19.7. The van der Waals surface area contributed by atoms with Crippen LogP contribution in [0.25, 0.3) is 0 Å². The Bertz CT molecular complexity index is 1310. The van der Waals surface area contributed by atoms with E-state index in [-0.39, 0.29) is 27.6 Å². The van der Waals surface area contributed by atoms with Gasteiger partial charge in [-0.15, -0.1) is 4.91 Å². The van der Waals surface area contributed by atoms with Gasteiger partial charge in [0.05, 0.1) is 28.9 Å². The van der Waals surface area contributed by atoms with Crippen LogP contribution >= 0.6 is 0 Å². The quantitative estimate of drug-likeness (QED) is 0.190. The highest BCUT2D eigenvalue weighted by molar-refractivity contribution is 7.92. The minimum absolute atomic E-state index is 0.0202. The molecular weight excluding hydrogens is 470 g/mol. The summed E-state index contributed by atoms with van der Waals surface area (Å²) < 4.78 is 38.8. The molecule has 0 spiro atoms. The number of unbranched alkanes of at least 4 members (excludes halogenated alkanes) is 1. The molecule has 0 atom stereocenters. The Hall–Kier alpha value is -3.92. The van der Waals surface area contributed by atoms with Gasteiger partial charge in [0.2, 0.25) is 0 Å². The minimum Gasteiger partial charge on any atom is -0.465 e. The number of hydrogen-bond acceptors (Lipinski definition) is 8. The number of rotatable bonds is 11. The first-order valence-electron chi connectivity index (χ1n) is 11.0. The monoisotopic (exact) mass is 497 g/mol. The molecule has 0 heterocycles. The summed E-state index contributed by atoms with van der Waals surface area (Å²) in [6.45, 7) is 4.58. The molecule has 35 heavy (non-hydrogen) atoms. The van der Waals surface area contributed by atoms with E-state index in [1.807, 2.05) is 6.92 Å². The number of sulfonamides is 1. The lowest BCUT2D eigenvalue weighted by Gasteiger charge is -2.14. The molecule has 0 aromatic heterocycles. The van der Waals surface area contributed by atoms with Gasteiger partial charge in [0.15, 0.2) is 0 Å². The molecule has 2 N–H and O–H groups in total. The van der Waals surface area contributed by atoms with Crippen molar-refractivity contribution in [2.24, 2.45) is 5.18 Å². The highest BCUT2D eigenvalue weighted by Gasteiger charge is 2.20. The van der Waals surface area contributed by atoms with Gasteiger partial charge < -0.3 is 14.8 Å². The Kier molecular flexibility index (Phi) is 8.43. The molecule has 0 unspecified atom stereocenters. The van der Waals surface area contributed by atoms with E-state index in [0.717, 1.165) is 18.4 Å². The van der Waals surface area contributed by atoms with Gasteiger partial charge in [-0.3, -0.25) is 4.72 Å². The number of nitrogens with zero attached hydrogens (tertiary/aromatic N) is 1. The van der Waals surface area contributed by atoms with Crippen LogP contribution in [0.2, 0.25) is 0 Å². The van der Waals surface area contributed by atoms with Gasteiger partial charge in [-0.25, -0.2) is 13.2 Å². The Morgan fingerprint density at radius 1 is 0.971 bits per heavy atom. The number of methoxy groups -OCH3 is 1. The number of carbonyl (C=O) groups excluding carboxylic acids is 1. The number of esters is 1. The van der Waals surface area contributed by atoms with Crippen LogP contribution in [0.5, 0.6) is 11.5 Å². The molecule has 0 aliphatic rings. The SMILES string of the molecule is CCCCNc1cc(Oc2ccc(NS(=O)(=O)c3ccc(C)cc3)c(C(=O)OC)c2)ccc1N=O. The van der Waals surface area contributed by atoms with E-state index in [1.54, 1.807) is 24.3 Å². The zero-order valence-corrected chi connectivity index (χ0v) is 20.5. The second-order valence-corrected chi connectivity index (χ2v) is 9.45. The number of ether oxygens (including phenoxy) is 2. The van der Waals surface area contributed by atoms with Crippen LogP contribution in [0, 0.1) is 11.8 Å². The van der Waals surface area contributed by atoms with Crippen molar-refractivity contribution in [1.29, 1.82) is 0 Å². The molecule has 3 aromatic carbocycles. The summed E-state index contributed by atoms with van der Waals surface area (Å²) in [7, 11) is -2.74. The molecule has 10 heteroatoms. The third-order valence-electron chi connectivity index (χ3n) is 5.12. The van der Waals surface area contributed by atoms with E-state index < -0.39 is 16.0 Å². The topological polar surface area (TPSA) is 123 Å². The number of carbonyl (C=O) groups is 1. The first-order valence-corrected chi connectivity index (χ1v) is 12.5. The second kappa shape index (κ2) is 11.5. The van der Waals surface area contributed by atoms with Crippen LogP contribution in [-0.4, -0.2) is 28.0 Å². The third kappa shape index (κ3) is 6.57. The van der Waals surface area contributed by atoms with Crippen molar-refractivity contribution in [1.82, 2.24) is 0 Å². The number of aryl methyl sites for hydroxylation is 1. The van der Waals surface area contributed by atoms with Gasteiger partial charge in [-0.05, 0) is 61.0 Å². The Morgan fingerprint density at radius 2 is 1.66 bits per heavy atom. The first-order chi connectivity index (χ1) is 16.8. The van der Waals surface area contributed by atoms with Crippen molar-refractivity contribution in [3.8, 4) is 11.5 Å². The molecule has 9 nitrogen and oxygen atoms in total. The highest BCUT2D eigenvalue weighted by Crippen LogP contribution is 2.33. The van der Waals surface area contributed by atoms with Crippen LogP contribution in [-0.2, 0) is 14.8 Å². The first kappa shape index (κ1) is 25.7. The Morgan fingerprint density at radius 3 is 2.31 bits per heavy atom. The lowest BCUT2D eigenvalue weighted by Crippen LogP contribution is -2.16. The van der Waals surface area contributed by atoms with Crippen molar-refractivity contribution in [2.45, 2.75) is 31.6 Å². The molecule has 3 rings (SSSR count). The van der Waals surface area contributed by atoms with Crippen molar-refractivity contribution < 1.29 is 22.7 Å². The van der Waals surface area contributed by atoms with Gasteiger partial charge >= 0.3 is 5.97 Å². The molecule has 0 aliphatic heterocycles. The molecule has 0 saturated heterocycles. The maximum absolute atomic E-state index is 12.8. The minimum atomic E-state index is -3.94. The van der Waals surface area contributed by atoms with E-state index in [2.05, 4.69) is 22.1 Å². The standard InChI is InChI=1S/C25H27N3O6S/c1-4-5-14-26-24-16-19(9-13-23(24)27-30)34-18-8-12-22(21(15-18)25(29)33-3)28-35(31,32)20-10-6-17(2)7-11-20/h6-13,15-16,26,28H,4-5,14H2,1-3H3. The number of benzene rings is 3. The predicted octanol–water partition coefficient (Wildman–Crippen LogP) is 5.98. The van der Waals surface area contributed by atoms with Gasteiger partial charge in [0, 0.05) is 12.6 Å². The predicted molar refractivity (Wildman–Crippen MR) is 135 cm³/mol. The second-order valence-electron chi connectivity index (χ2n) is 7.77. The average Bonchev–Trinajstić information content (AvgIpc) is 2.85. The van der Waals surface area contributed by atoms with E-state index in [9.17, 15) is 18.1 Å². The van der Waals surface area contributed by atoms with Gasteiger partial charge in [-0.1, -0.05) is 31.0 Å². The fraction of sp³-hybridized carbons (Fsp3) is 0.240. The molecule has 0 bridgehead atoms. The molecule has 0 fully saturated rings. The van der Waals surface area contributed by atoms with Crippen LogP contribution < -0.4 is 14.8 Å². The van der Waals surface area contributed by atoms with E-state index >= 15 is 0 Å². The molecule has 0 radical (unpaired) electrons. The summed E-state index contributed by atoms with van der Waals surface area (Å²) in [5.74, 6) is -0.0605. The van der Waals surface area contributed by atoms with E-state index in [0.29, 0.717) is 18.0 Å². The third-order valence-corrected chi connectivity index (χ3v) is 6.50. The fourth-order valence-corrected chi connectivity index (χ4v) is 4.29. The summed E-state index contributed by atoms with van der Waals surface area (Å²) in [5.41, 5.74) is 1.73. The molecule has 0 saturated carbocycles. The Balaban J connectivity index is 1.89. The number of hydrogen-bond donors (Lipinski definition) is 2. The highest BCUT2D eigenvalue weighted by atomic mass is 32.2. The number of nitrogens with one attached hydrogen (secondary N) is 2. The summed E-state index contributed by atoms with van der Waals surface area (Å²) in [5, 5.41) is 6.19. The van der Waals surface area contributed by atoms with Gasteiger partial charge in [0.25, 0.3) is 10.0 Å². The van der Waals surface area contributed by atoms with Crippen molar-refractivity contribution in [3.05, 3.63) is 76.7 Å². The van der Waals surface area contributed by atoms with Gasteiger partial charge in [-0.2, -0.15) is 0 Å². The maximum atomic E-state index is 12.8. The van der Waals surface area contributed by atoms with E-state index in [4.69, 9.17) is 9.47 Å². The van der Waals surface area contributed by atoms with Gasteiger partial charge in [0.1, 0.15) is 17.2 Å². The molecular formula is C25H27N3O6S. The average molecular weight is 498 g/mol. The van der Waals surface area contributed by atoms with Crippen molar-refractivity contribution in [3.63, 3.8) is 0 Å². The number of anilines is 2. The zero-order chi connectivity index (χ0) is 25.4. The van der Waals surface area contributed by atoms with E-state index in [1.165, 1.54) is 43.5 Å². The molecule has 184 valence electrons. The summed E-state index contributed by atoms with van der Waals surface area (Å²) in [6, 6.07) is 15.4. The summed E-state index contributed by atoms with van der Waals surface area (Å²) in [6.07, 6.45) is 1.91. The molecule has 0 amide bonds. The smallest absolute Gasteiger partial charge is 0.340 e. The summed E-state index contributed by atoms with van der Waals surface area (Å²) in [4.78, 5) is 23.6. The van der Waals surface area contributed by atoms with Crippen molar-refractivity contribution in [2.75, 3.05) is 23.7 Å². The maximum Gasteiger partial charge on any atom is 0.340 e. The van der Waals surface area contributed by atoms with Crippen LogP contribution in [0.3, 0.4) is 0 Å². The van der Waals surface area contributed by atoms with Crippen molar-refractivity contribution >= 4 is 33.1 Å². The van der Waals surface area contributed by atoms with Crippen LogP contribution in [0.15, 0.2) is 70.7 Å². The lowest BCUT2D eigenvalue weighted by atomic mass is 10.1. The summed E-state index contributed by atoms with van der Waals surface area (Å²) >= 11 is 0. The lowest BCUT2D eigenvalue weighted by molar-refractivity contribution is 0.0601. The largest absolute Gasteiger partial charge is 0.465 e. The Labute approximate surface area is 204 Å². The molecule has 3 aromatic rings. The van der Waals surface area contributed by atoms with Crippen LogP contribution in [0.4, 0.5) is 17.1 Å².